The van der Waals surface area contributed by atoms with Crippen LogP contribution in [-0.4, -0.2) is 19.7 Å². The highest BCUT2D eigenvalue weighted by Gasteiger charge is 2.41. The van der Waals surface area contributed by atoms with Crippen LogP contribution in [0, 0.1) is 5.92 Å². The number of rotatable bonds is 2. The van der Waals surface area contributed by atoms with Gasteiger partial charge in [0.25, 0.3) is 0 Å². The number of benzene rings is 2. The van der Waals surface area contributed by atoms with E-state index in [9.17, 15) is 4.79 Å². The maximum atomic E-state index is 11.6. The maximum Gasteiger partial charge on any atom is 0.337 e. The molecule has 2 aliphatic rings. The number of esters is 1. The Hall–Kier alpha value is -2.04. The molecule has 2 aliphatic heterocycles. The number of ether oxygens (including phenoxy) is 2. The van der Waals surface area contributed by atoms with Crippen molar-refractivity contribution in [2.45, 2.75) is 18.6 Å². The van der Waals surface area contributed by atoms with Gasteiger partial charge < -0.3 is 14.8 Å². The van der Waals surface area contributed by atoms with Crippen LogP contribution in [0.3, 0.4) is 0 Å². The average molecular weight is 344 g/mol. The molecule has 1 fully saturated rings. The summed E-state index contributed by atoms with van der Waals surface area (Å²) in [5.74, 6) is 0.0279. The van der Waals surface area contributed by atoms with Gasteiger partial charge in [0, 0.05) is 28.8 Å². The summed E-state index contributed by atoms with van der Waals surface area (Å²) in [6.45, 7) is 0.750. The van der Waals surface area contributed by atoms with Crippen LogP contribution >= 0.6 is 11.6 Å². The molecule has 0 saturated carbocycles. The Bertz CT molecular complexity index is 775. The van der Waals surface area contributed by atoms with E-state index >= 15 is 0 Å². The summed E-state index contributed by atoms with van der Waals surface area (Å²) in [6, 6.07) is 13.6. The summed E-state index contributed by atoms with van der Waals surface area (Å²) >= 11 is 6.15. The number of carbonyl (C=O) groups is 1. The molecular formula is C19H18ClNO3. The molecule has 0 radical (unpaired) electrons. The average Bonchev–Trinajstić information content (AvgIpc) is 3.11. The molecule has 124 valence electrons. The van der Waals surface area contributed by atoms with Gasteiger partial charge in [-0.2, -0.15) is 0 Å². The van der Waals surface area contributed by atoms with E-state index in [2.05, 4.69) is 5.32 Å². The third-order valence-corrected chi connectivity index (χ3v) is 5.12. The number of fused-ring (bicyclic) bond motifs is 3. The zero-order chi connectivity index (χ0) is 16.7. The molecule has 0 aliphatic carbocycles. The van der Waals surface area contributed by atoms with E-state index in [1.165, 1.54) is 7.11 Å². The Balaban J connectivity index is 1.68. The molecule has 5 heteroatoms. The smallest absolute Gasteiger partial charge is 0.337 e. The van der Waals surface area contributed by atoms with Crippen molar-refractivity contribution in [3.8, 4) is 0 Å². The van der Waals surface area contributed by atoms with Crippen LogP contribution in [0.2, 0.25) is 5.02 Å². The molecule has 2 aromatic carbocycles. The fourth-order valence-corrected chi connectivity index (χ4v) is 3.90. The summed E-state index contributed by atoms with van der Waals surface area (Å²) in [5, 5.41) is 4.35. The van der Waals surface area contributed by atoms with Crippen molar-refractivity contribution in [2.24, 2.45) is 5.92 Å². The lowest BCUT2D eigenvalue weighted by Crippen LogP contribution is -2.29. The van der Waals surface area contributed by atoms with Crippen LogP contribution in [0.15, 0.2) is 42.5 Å². The Morgan fingerprint density at radius 2 is 2.04 bits per heavy atom. The van der Waals surface area contributed by atoms with E-state index in [0.29, 0.717) is 11.5 Å². The minimum absolute atomic E-state index is 0.0604. The van der Waals surface area contributed by atoms with Crippen LogP contribution in [0.25, 0.3) is 0 Å². The van der Waals surface area contributed by atoms with Gasteiger partial charge in [-0.15, -0.1) is 0 Å². The first kappa shape index (κ1) is 15.5. The Morgan fingerprint density at radius 1 is 1.25 bits per heavy atom. The monoisotopic (exact) mass is 343 g/mol. The van der Waals surface area contributed by atoms with E-state index in [-0.39, 0.29) is 18.1 Å². The lowest BCUT2D eigenvalue weighted by molar-refractivity contribution is 0.0600. The molecule has 24 heavy (non-hydrogen) atoms. The maximum absolute atomic E-state index is 11.6. The van der Waals surface area contributed by atoms with Crippen molar-refractivity contribution in [1.29, 1.82) is 0 Å². The second-order valence-electron chi connectivity index (χ2n) is 6.21. The standard InChI is InChI=1S/C19H18ClNO3/c1-23-19(22)12-4-2-11(3-5-12)17-14-8-9-24-18(14)15-10-13(20)6-7-16(15)21-17/h2-7,10,14,17-18,21H,8-9H2,1H3/t14-,17-,18-/m0/s1. The lowest BCUT2D eigenvalue weighted by Gasteiger charge is -2.36. The van der Waals surface area contributed by atoms with Crippen LogP contribution < -0.4 is 5.32 Å². The van der Waals surface area contributed by atoms with Crippen molar-refractivity contribution >= 4 is 23.3 Å². The van der Waals surface area contributed by atoms with E-state index < -0.39 is 0 Å². The summed E-state index contributed by atoms with van der Waals surface area (Å²) in [7, 11) is 1.39. The Kier molecular flexibility index (Phi) is 3.94. The number of methoxy groups -OCH3 is 1. The summed E-state index contributed by atoms with van der Waals surface area (Å²) in [5.41, 5.74) is 3.89. The molecule has 0 bridgehead atoms. The predicted molar refractivity (Wildman–Crippen MR) is 92.4 cm³/mol. The normalized spacial score (nSPS) is 24.7. The number of nitrogens with one attached hydrogen (secondary N) is 1. The van der Waals surface area contributed by atoms with E-state index in [4.69, 9.17) is 21.1 Å². The Labute approximate surface area is 145 Å². The van der Waals surface area contributed by atoms with Crippen molar-refractivity contribution in [3.05, 3.63) is 64.2 Å². The van der Waals surface area contributed by atoms with Crippen LogP contribution in [0.4, 0.5) is 5.69 Å². The first-order chi connectivity index (χ1) is 11.7. The molecule has 4 nitrogen and oxygen atoms in total. The number of halogens is 1. The van der Waals surface area contributed by atoms with Gasteiger partial charge in [-0.1, -0.05) is 23.7 Å². The number of hydrogen-bond donors (Lipinski definition) is 1. The van der Waals surface area contributed by atoms with Crippen LogP contribution in [0.1, 0.15) is 40.1 Å². The molecule has 0 amide bonds. The summed E-state index contributed by atoms with van der Waals surface area (Å²) < 4.78 is 10.8. The van der Waals surface area contributed by atoms with Gasteiger partial charge >= 0.3 is 5.97 Å². The Morgan fingerprint density at radius 3 is 2.79 bits per heavy atom. The molecule has 2 aromatic rings. The number of hydrogen-bond acceptors (Lipinski definition) is 4. The topological polar surface area (TPSA) is 47.6 Å². The zero-order valence-electron chi connectivity index (χ0n) is 13.3. The number of carbonyl (C=O) groups excluding carboxylic acids is 1. The molecule has 4 rings (SSSR count). The van der Waals surface area contributed by atoms with Crippen molar-refractivity contribution < 1.29 is 14.3 Å². The molecule has 1 saturated heterocycles. The van der Waals surface area contributed by atoms with Crippen molar-refractivity contribution in [1.82, 2.24) is 0 Å². The highest BCUT2D eigenvalue weighted by atomic mass is 35.5. The second kappa shape index (κ2) is 6.11. The van der Waals surface area contributed by atoms with E-state index in [0.717, 1.165) is 34.9 Å². The van der Waals surface area contributed by atoms with Crippen molar-refractivity contribution in [2.75, 3.05) is 19.0 Å². The molecule has 0 spiro atoms. The molecular weight excluding hydrogens is 326 g/mol. The second-order valence-corrected chi connectivity index (χ2v) is 6.65. The highest BCUT2D eigenvalue weighted by Crippen LogP contribution is 2.50. The van der Waals surface area contributed by atoms with Gasteiger partial charge in [0.15, 0.2) is 0 Å². The number of anilines is 1. The van der Waals surface area contributed by atoms with Gasteiger partial charge in [0.05, 0.1) is 24.8 Å². The van der Waals surface area contributed by atoms with Gasteiger partial charge in [0.1, 0.15) is 0 Å². The zero-order valence-corrected chi connectivity index (χ0v) is 14.0. The van der Waals surface area contributed by atoms with Gasteiger partial charge in [-0.25, -0.2) is 4.79 Å². The van der Waals surface area contributed by atoms with Crippen LogP contribution in [0.5, 0.6) is 0 Å². The highest BCUT2D eigenvalue weighted by molar-refractivity contribution is 6.30. The fourth-order valence-electron chi connectivity index (χ4n) is 3.72. The minimum atomic E-state index is -0.319. The molecule has 0 unspecified atom stereocenters. The molecule has 2 heterocycles. The SMILES string of the molecule is COC(=O)c1ccc([C@@H]2Nc3ccc(Cl)cc3[C@H]3OCC[C@H]32)cc1. The summed E-state index contributed by atoms with van der Waals surface area (Å²) in [4.78, 5) is 11.6. The van der Waals surface area contributed by atoms with Crippen LogP contribution in [-0.2, 0) is 9.47 Å². The quantitative estimate of drug-likeness (QED) is 0.822. The van der Waals surface area contributed by atoms with E-state index in [1.54, 1.807) is 0 Å². The first-order valence-electron chi connectivity index (χ1n) is 8.03. The van der Waals surface area contributed by atoms with Gasteiger partial charge in [-0.3, -0.25) is 0 Å². The largest absolute Gasteiger partial charge is 0.465 e. The van der Waals surface area contributed by atoms with Gasteiger partial charge in [0.2, 0.25) is 0 Å². The lowest BCUT2D eigenvalue weighted by atomic mass is 9.81. The first-order valence-corrected chi connectivity index (χ1v) is 8.41. The van der Waals surface area contributed by atoms with Crippen molar-refractivity contribution in [3.63, 3.8) is 0 Å². The van der Waals surface area contributed by atoms with Gasteiger partial charge in [-0.05, 0) is 42.3 Å². The van der Waals surface area contributed by atoms with E-state index in [1.807, 2.05) is 42.5 Å². The minimum Gasteiger partial charge on any atom is -0.465 e. The third kappa shape index (κ3) is 2.56. The predicted octanol–water partition coefficient (Wildman–Crippen LogP) is 4.37. The molecule has 3 atom stereocenters. The molecule has 0 aromatic heterocycles. The fraction of sp³-hybridized carbons (Fsp3) is 0.316. The summed E-state index contributed by atoms with van der Waals surface area (Å²) in [6.07, 6.45) is 1.05. The third-order valence-electron chi connectivity index (χ3n) is 4.89. The molecule has 1 N–H and O–H groups in total.